The number of ether oxygens (including phenoxy) is 1. The van der Waals surface area contributed by atoms with Crippen molar-refractivity contribution in [2.24, 2.45) is 0 Å². The smallest absolute Gasteiger partial charge is 0.341 e. The van der Waals surface area contributed by atoms with E-state index in [1.807, 2.05) is 54.0 Å². The van der Waals surface area contributed by atoms with E-state index in [4.69, 9.17) is 4.74 Å². The first-order valence-corrected chi connectivity index (χ1v) is 8.58. The van der Waals surface area contributed by atoms with Crippen LogP contribution in [0.4, 0.5) is 0 Å². The number of aromatic nitrogens is 1. The minimum Gasteiger partial charge on any atom is -0.444 e. The third kappa shape index (κ3) is 3.33. The van der Waals surface area contributed by atoms with Crippen molar-refractivity contribution in [2.75, 3.05) is 14.1 Å². The van der Waals surface area contributed by atoms with Gasteiger partial charge in [-0.2, -0.15) is 0 Å². The summed E-state index contributed by atoms with van der Waals surface area (Å²) in [5.74, 6) is -0.777. The number of hydrogen-bond donors (Lipinski definition) is 0. The van der Waals surface area contributed by atoms with Gasteiger partial charge in [-0.3, -0.25) is 4.79 Å². The van der Waals surface area contributed by atoms with Crippen LogP contribution in [-0.2, 0) is 16.1 Å². The van der Waals surface area contributed by atoms with Gasteiger partial charge in [-0.1, -0.05) is 48.5 Å². The molecule has 0 aliphatic heterocycles. The Hall–Kier alpha value is -3.08. The van der Waals surface area contributed by atoms with Gasteiger partial charge in [0.15, 0.2) is 0 Å². The van der Waals surface area contributed by atoms with E-state index < -0.39 is 12.1 Å². The molecule has 134 valence electrons. The minimum atomic E-state index is -0.970. The maximum Gasteiger partial charge on any atom is 0.341 e. The molecule has 1 unspecified atom stereocenters. The van der Waals surface area contributed by atoms with Gasteiger partial charge in [0, 0.05) is 43.3 Å². The van der Waals surface area contributed by atoms with Gasteiger partial charge in [-0.05, 0) is 13.0 Å². The minimum absolute atomic E-state index is 0.274. The molecular formula is C21H22N2O3. The number of carbonyl (C=O) groups is 2. The normalized spacial score (nSPS) is 12.0. The molecule has 0 radical (unpaired) electrons. The zero-order valence-electron chi connectivity index (χ0n) is 15.2. The molecule has 3 aromatic rings. The highest BCUT2D eigenvalue weighted by Crippen LogP contribution is 2.26. The molecule has 0 saturated carbocycles. The predicted octanol–water partition coefficient (Wildman–Crippen LogP) is 3.65. The number of hydrogen-bond acceptors (Lipinski definition) is 3. The van der Waals surface area contributed by atoms with Gasteiger partial charge in [-0.25, -0.2) is 4.79 Å². The van der Waals surface area contributed by atoms with Gasteiger partial charge < -0.3 is 14.2 Å². The molecule has 1 aromatic heterocycles. The number of rotatable bonds is 5. The molecule has 0 N–H and O–H groups in total. The van der Waals surface area contributed by atoms with Gasteiger partial charge in [0.25, 0.3) is 5.91 Å². The molecular weight excluding hydrogens is 328 g/mol. The molecule has 0 spiro atoms. The van der Waals surface area contributed by atoms with E-state index in [-0.39, 0.29) is 5.91 Å². The SMILES string of the molecule is CCn1cc(C(=O)OC(C(=O)N(C)C)c2ccccc2)c2ccccc21. The van der Waals surface area contributed by atoms with Crippen LogP contribution in [0.1, 0.15) is 28.9 Å². The Morgan fingerprint density at radius 3 is 2.35 bits per heavy atom. The van der Waals surface area contributed by atoms with Crippen LogP contribution < -0.4 is 0 Å². The summed E-state index contributed by atoms with van der Waals surface area (Å²) in [7, 11) is 3.30. The summed E-state index contributed by atoms with van der Waals surface area (Å²) < 4.78 is 7.67. The van der Waals surface area contributed by atoms with Crippen molar-refractivity contribution in [3.63, 3.8) is 0 Å². The second-order valence-electron chi connectivity index (χ2n) is 6.27. The summed E-state index contributed by atoms with van der Waals surface area (Å²) in [6.07, 6.45) is 0.817. The van der Waals surface area contributed by atoms with Gasteiger partial charge in [0.2, 0.25) is 6.10 Å². The molecule has 0 saturated heterocycles. The van der Waals surface area contributed by atoms with E-state index in [2.05, 4.69) is 0 Å². The van der Waals surface area contributed by atoms with Crippen molar-refractivity contribution >= 4 is 22.8 Å². The zero-order valence-corrected chi connectivity index (χ0v) is 15.2. The summed E-state index contributed by atoms with van der Waals surface area (Å²) in [5.41, 5.74) is 2.09. The Morgan fingerprint density at radius 1 is 1.04 bits per heavy atom. The lowest BCUT2D eigenvalue weighted by molar-refractivity contribution is -0.138. The van der Waals surface area contributed by atoms with Crippen LogP contribution in [0.25, 0.3) is 10.9 Å². The molecule has 0 fully saturated rings. The number of aryl methyl sites for hydroxylation is 1. The number of amides is 1. The van der Waals surface area contributed by atoms with Crippen molar-refractivity contribution in [3.8, 4) is 0 Å². The van der Waals surface area contributed by atoms with Crippen molar-refractivity contribution in [1.29, 1.82) is 0 Å². The van der Waals surface area contributed by atoms with E-state index in [1.165, 1.54) is 4.90 Å². The molecule has 26 heavy (non-hydrogen) atoms. The lowest BCUT2D eigenvalue weighted by Crippen LogP contribution is -2.31. The van der Waals surface area contributed by atoms with E-state index >= 15 is 0 Å². The van der Waals surface area contributed by atoms with Crippen molar-refractivity contribution in [1.82, 2.24) is 9.47 Å². The number of para-hydroxylation sites is 1. The first kappa shape index (κ1) is 17.7. The Kier molecular flexibility index (Phi) is 5.07. The molecule has 0 aliphatic carbocycles. The van der Waals surface area contributed by atoms with E-state index in [9.17, 15) is 9.59 Å². The van der Waals surface area contributed by atoms with Gasteiger partial charge in [0.1, 0.15) is 0 Å². The summed E-state index contributed by atoms with van der Waals surface area (Å²) in [6.45, 7) is 2.76. The average molecular weight is 350 g/mol. The molecule has 1 atom stereocenters. The number of esters is 1. The highest BCUT2D eigenvalue weighted by atomic mass is 16.5. The molecule has 2 aromatic carbocycles. The number of nitrogens with zero attached hydrogens (tertiary/aromatic N) is 2. The van der Waals surface area contributed by atoms with Crippen LogP contribution in [0.15, 0.2) is 60.8 Å². The highest BCUT2D eigenvalue weighted by molar-refractivity contribution is 6.05. The molecule has 1 heterocycles. The van der Waals surface area contributed by atoms with Crippen molar-refractivity contribution < 1.29 is 14.3 Å². The van der Waals surface area contributed by atoms with Gasteiger partial charge >= 0.3 is 5.97 Å². The number of fused-ring (bicyclic) bond motifs is 1. The second kappa shape index (κ2) is 7.44. The van der Waals surface area contributed by atoms with Crippen LogP contribution in [0.3, 0.4) is 0 Å². The third-order valence-electron chi connectivity index (χ3n) is 4.34. The van der Waals surface area contributed by atoms with E-state index in [0.29, 0.717) is 11.1 Å². The fraction of sp³-hybridized carbons (Fsp3) is 0.238. The number of carbonyl (C=O) groups excluding carboxylic acids is 2. The van der Waals surface area contributed by atoms with Crippen LogP contribution in [0.2, 0.25) is 0 Å². The summed E-state index contributed by atoms with van der Waals surface area (Å²) >= 11 is 0. The summed E-state index contributed by atoms with van der Waals surface area (Å²) in [4.78, 5) is 26.9. The van der Waals surface area contributed by atoms with E-state index in [0.717, 1.165) is 17.4 Å². The first-order valence-electron chi connectivity index (χ1n) is 8.58. The Morgan fingerprint density at radius 2 is 1.69 bits per heavy atom. The maximum atomic E-state index is 12.9. The fourth-order valence-corrected chi connectivity index (χ4v) is 2.96. The van der Waals surface area contributed by atoms with Crippen LogP contribution in [-0.4, -0.2) is 35.4 Å². The molecule has 5 heteroatoms. The quantitative estimate of drug-likeness (QED) is 0.660. The van der Waals surface area contributed by atoms with Crippen LogP contribution in [0.5, 0.6) is 0 Å². The standard InChI is InChI=1S/C21H22N2O3/c1-4-23-14-17(16-12-8-9-13-18(16)23)21(25)26-19(20(24)22(2)3)15-10-6-5-7-11-15/h5-14,19H,4H2,1-3H3. The summed E-state index contributed by atoms with van der Waals surface area (Å²) in [5, 5.41) is 0.823. The van der Waals surface area contributed by atoms with Gasteiger partial charge in [0.05, 0.1) is 5.56 Å². The van der Waals surface area contributed by atoms with Crippen molar-refractivity contribution in [2.45, 2.75) is 19.6 Å². The monoisotopic (exact) mass is 350 g/mol. The number of benzene rings is 2. The second-order valence-corrected chi connectivity index (χ2v) is 6.27. The van der Waals surface area contributed by atoms with Gasteiger partial charge in [-0.15, -0.1) is 0 Å². The van der Waals surface area contributed by atoms with Crippen molar-refractivity contribution in [3.05, 3.63) is 71.9 Å². The Labute approximate surface area is 152 Å². The molecule has 5 nitrogen and oxygen atoms in total. The third-order valence-corrected chi connectivity index (χ3v) is 4.34. The molecule has 3 rings (SSSR count). The topological polar surface area (TPSA) is 51.5 Å². The molecule has 0 bridgehead atoms. The van der Waals surface area contributed by atoms with E-state index in [1.54, 1.807) is 32.4 Å². The lowest BCUT2D eigenvalue weighted by atomic mass is 10.1. The van der Waals surface area contributed by atoms with Crippen LogP contribution in [0, 0.1) is 0 Å². The molecule has 1 amide bonds. The predicted molar refractivity (Wildman–Crippen MR) is 101 cm³/mol. The highest BCUT2D eigenvalue weighted by Gasteiger charge is 2.28. The van der Waals surface area contributed by atoms with Crippen LogP contribution >= 0.6 is 0 Å². The molecule has 0 aliphatic rings. The first-order chi connectivity index (χ1) is 12.5. The zero-order chi connectivity index (χ0) is 18.7. The Balaban J connectivity index is 1.97. The average Bonchev–Trinajstić information content (AvgIpc) is 3.05. The lowest BCUT2D eigenvalue weighted by Gasteiger charge is -2.21. The maximum absolute atomic E-state index is 12.9. The Bertz CT molecular complexity index is 929. The fourth-order valence-electron chi connectivity index (χ4n) is 2.96. The number of likely N-dealkylation sites (N-methyl/N-ethyl adjacent to an activating group) is 1. The largest absolute Gasteiger partial charge is 0.444 e. The summed E-state index contributed by atoms with van der Waals surface area (Å²) in [6, 6.07) is 16.8.